The summed E-state index contributed by atoms with van der Waals surface area (Å²) in [7, 11) is 1.86. The first kappa shape index (κ1) is 8.04. The molecule has 4 heteroatoms. The molecule has 0 amide bonds. The van der Waals surface area contributed by atoms with E-state index in [9.17, 15) is 0 Å². The van der Waals surface area contributed by atoms with Gasteiger partial charge >= 0.3 is 0 Å². The van der Waals surface area contributed by atoms with Crippen molar-refractivity contribution in [1.29, 1.82) is 0 Å². The molecule has 0 saturated carbocycles. The van der Waals surface area contributed by atoms with Crippen molar-refractivity contribution >= 4 is 11.4 Å². The first-order valence-electron chi connectivity index (χ1n) is 3.52. The van der Waals surface area contributed by atoms with Crippen molar-refractivity contribution in [3.05, 3.63) is 0 Å². The van der Waals surface area contributed by atoms with Crippen molar-refractivity contribution < 1.29 is 5.21 Å². The van der Waals surface area contributed by atoms with Gasteiger partial charge in [0.25, 0.3) is 0 Å². The van der Waals surface area contributed by atoms with E-state index in [-0.39, 0.29) is 5.54 Å². The van der Waals surface area contributed by atoms with Gasteiger partial charge in [-0.3, -0.25) is 5.01 Å². The van der Waals surface area contributed by atoms with Gasteiger partial charge in [-0.25, -0.2) is 0 Å². The monoisotopic (exact) mass is 155 g/mol. The molecule has 4 nitrogen and oxygen atoms in total. The van der Waals surface area contributed by atoms with Crippen LogP contribution in [0.25, 0.3) is 0 Å². The van der Waals surface area contributed by atoms with Crippen molar-refractivity contribution in [2.45, 2.75) is 26.3 Å². The first-order valence-corrected chi connectivity index (χ1v) is 3.52. The largest absolute Gasteiger partial charge is 0.411 e. The second-order valence-electron chi connectivity index (χ2n) is 3.22. The number of oxime groups is 1. The highest BCUT2D eigenvalue weighted by atomic mass is 16.4. The topological polar surface area (TPSA) is 48.2 Å². The Balaban J connectivity index is 3.06. The van der Waals surface area contributed by atoms with Gasteiger partial charge in [-0.15, -0.1) is 0 Å². The minimum absolute atomic E-state index is 0.279. The fourth-order valence-corrected chi connectivity index (χ4v) is 1.19. The standard InChI is InChI=1S/C7H13N3O/c1-5-6(9-11)7(2,3)10(4)8-5/h11H,1-4H3. The van der Waals surface area contributed by atoms with Crippen LogP contribution in [0.3, 0.4) is 0 Å². The number of rotatable bonds is 0. The lowest BCUT2D eigenvalue weighted by atomic mass is 9.97. The molecule has 0 fully saturated rings. The lowest BCUT2D eigenvalue weighted by Crippen LogP contribution is -2.41. The molecule has 0 saturated heterocycles. The molecule has 0 spiro atoms. The van der Waals surface area contributed by atoms with E-state index in [1.165, 1.54) is 0 Å². The van der Waals surface area contributed by atoms with Crippen molar-refractivity contribution in [2.24, 2.45) is 10.3 Å². The van der Waals surface area contributed by atoms with E-state index in [0.29, 0.717) is 5.71 Å². The average molecular weight is 155 g/mol. The van der Waals surface area contributed by atoms with Crippen LogP contribution in [-0.2, 0) is 0 Å². The highest BCUT2D eigenvalue weighted by Gasteiger charge is 2.37. The van der Waals surface area contributed by atoms with Crippen LogP contribution >= 0.6 is 0 Å². The van der Waals surface area contributed by atoms with Crippen LogP contribution in [0, 0.1) is 0 Å². The van der Waals surface area contributed by atoms with E-state index in [2.05, 4.69) is 10.3 Å². The van der Waals surface area contributed by atoms with E-state index in [4.69, 9.17) is 5.21 Å². The number of hydrazone groups is 1. The number of hydrogen-bond donors (Lipinski definition) is 1. The maximum Gasteiger partial charge on any atom is 0.129 e. The molecule has 0 radical (unpaired) electrons. The predicted molar refractivity (Wildman–Crippen MR) is 44.2 cm³/mol. The van der Waals surface area contributed by atoms with Crippen LogP contribution in [0.2, 0.25) is 0 Å². The molecule has 0 bridgehead atoms. The second-order valence-corrected chi connectivity index (χ2v) is 3.22. The average Bonchev–Trinajstić information content (AvgIpc) is 2.04. The molecule has 0 aliphatic carbocycles. The molecule has 1 rings (SSSR count). The van der Waals surface area contributed by atoms with E-state index < -0.39 is 0 Å². The molecule has 0 aromatic rings. The van der Waals surface area contributed by atoms with E-state index in [0.717, 1.165) is 5.71 Å². The Morgan fingerprint density at radius 3 is 2.27 bits per heavy atom. The van der Waals surface area contributed by atoms with Crippen molar-refractivity contribution in [3.63, 3.8) is 0 Å². The Morgan fingerprint density at radius 1 is 1.55 bits per heavy atom. The van der Waals surface area contributed by atoms with Gasteiger partial charge in [0.1, 0.15) is 5.71 Å². The summed E-state index contributed by atoms with van der Waals surface area (Å²) >= 11 is 0. The minimum Gasteiger partial charge on any atom is -0.411 e. The third kappa shape index (κ3) is 0.982. The summed E-state index contributed by atoms with van der Waals surface area (Å²) in [5, 5.41) is 17.8. The van der Waals surface area contributed by atoms with Gasteiger partial charge in [-0.1, -0.05) is 5.16 Å². The zero-order chi connectivity index (χ0) is 8.65. The molecule has 1 aliphatic rings. The zero-order valence-corrected chi connectivity index (χ0v) is 7.29. The fourth-order valence-electron chi connectivity index (χ4n) is 1.19. The molecular formula is C7H13N3O. The normalized spacial score (nSPS) is 26.0. The Kier molecular flexibility index (Phi) is 1.62. The van der Waals surface area contributed by atoms with Crippen molar-refractivity contribution in [1.82, 2.24) is 5.01 Å². The van der Waals surface area contributed by atoms with Crippen LogP contribution in [-0.4, -0.2) is 34.2 Å². The summed E-state index contributed by atoms with van der Waals surface area (Å²) in [6, 6.07) is 0. The maximum atomic E-state index is 8.67. The van der Waals surface area contributed by atoms with Crippen LogP contribution in [0.5, 0.6) is 0 Å². The first-order chi connectivity index (χ1) is 5.00. The van der Waals surface area contributed by atoms with Crippen LogP contribution < -0.4 is 0 Å². The smallest absolute Gasteiger partial charge is 0.129 e. The van der Waals surface area contributed by atoms with Gasteiger partial charge in [0, 0.05) is 7.05 Å². The van der Waals surface area contributed by atoms with E-state index in [1.807, 2.05) is 27.8 Å². The quantitative estimate of drug-likeness (QED) is 0.417. The summed E-state index contributed by atoms with van der Waals surface area (Å²) in [4.78, 5) is 0. The summed E-state index contributed by atoms with van der Waals surface area (Å²) < 4.78 is 0. The molecule has 1 aliphatic heterocycles. The minimum atomic E-state index is -0.279. The SMILES string of the molecule is CC1=NN(C)C(C)(C)C1=NO. The summed E-state index contributed by atoms with van der Waals surface area (Å²) in [6.07, 6.45) is 0. The van der Waals surface area contributed by atoms with Gasteiger partial charge in [0.05, 0.1) is 11.3 Å². The van der Waals surface area contributed by atoms with Gasteiger partial charge in [-0.2, -0.15) is 5.10 Å². The molecule has 0 atom stereocenters. The molecule has 1 heterocycles. The third-order valence-corrected chi connectivity index (χ3v) is 2.13. The lowest BCUT2D eigenvalue weighted by molar-refractivity contribution is 0.238. The molecule has 11 heavy (non-hydrogen) atoms. The van der Waals surface area contributed by atoms with Crippen LogP contribution in [0.15, 0.2) is 10.3 Å². The van der Waals surface area contributed by atoms with E-state index in [1.54, 1.807) is 5.01 Å². The summed E-state index contributed by atoms with van der Waals surface area (Å²) in [5.41, 5.74) is 1.14. The third-order valence-electron chi connectivity index (χ3n) is 2.13. The fraction of sp³-hybridized carbons (Fsp3) is 0.714. The van der Waals surface area contributed by atoms with Crippen LogP contribution in [0.1, 0.15) is 20.8 Å². The predicted octanol–water partition coefficient (Wildman–Crippen LogP) is 0.917. The Labute approximate surface area is 66.2 Å². The number of hydrogen-bond acceptors (Lipinski definition) is 4. The lowest BCUT2D eigenvalue weighted by Gasteiger charge is -2.26. The molecule has 1 N–H and O–H groups in total. The second kappa shape index (κ2) is 2.22. The van der Waals surface area contributed by atoms with Crippen LogP contribution in [0.4, 0.5) is 0 Å². The van der Waals surface area contributed by atoms with Crippen molar-refractivity contribution in [3.8, 4) is 0 Å². The highest BCUT2D eigenvalue weighted by molar-refractivity contribution is 6.45. The Hall–Kier alpha value is -1.06. The summed E-state index contributed by atoms with van der Waals surface area (Å²) in [6.45, 7) is 5.75. The molecule has 0 unspecified atom stereocenters. The van der Waals surface area contributed by atoms with Gasteiger partial charge in [0.15, 0.2) is 0 Å². The maximum absolute atomic E-state index is 8.67. The van der Waals surface area contributed by atoms with Gasteiger partial charge in [-0.05, 0) is 20.8 Å². The Bertz CT molecular complexity index is 230. The highest BCUT2D eigenvalue weighted by Crippen LogP contribution is 2.22. The molecule has 62 valence electrons. The van der Waals surface area contributed by atoms with Crippen molar-refractivity contribution in [2.75, 3.05) is 7.05 Å². The van der Waals surface area contributed by atoms with E-state index >= 15 is 0 Å². The summed E-state index contributed by atoms with van der Waals surface area (Å²) in [5.74, 6) is 0. The Morgan fingerprint density at radius 2 is 2.09 bits per heavy atom. The molecule has 0 aromatic carbocycles. The number of nitrogens with zero attached hydrogens (tertiary/aromatic N) is 3. The van der Waals surface area contributed by atoms with Gasteiger partial charge < -0.3 is 5.21 Å². The molecule has 0 aromatic heterocycles. The zero-order valence-electron chi connectivity index (χ0n) is 7.29. The van der Waals surface area contributed by atoms with Gasteiger partial charge in [0.2, 0.25) is 0 Å². The molecular weight excluding hydrogens is 142 g/mol.